The van der Waals surface area contributed by atoms with Crippen molar-refractivity contribution in [1.82, 2.24) is 15.5 Å². The molecule has 0 saturated carbocycles. The van der Waals surface area contributed by atoms with Gasteiger partial charge in [0, 0.05) is 25.3 Å². The minimum absolute atomic E-state index is 0.0312. The van der Waals surface area contributed by atoms with Crippen LogP contribution in [0.15, 0.2) is 41.4 Å². The minimum Gasteiger partial charge on any atom is -0.356 e. The fraction of sp³-hybridized carbons (Fsp3) is 0.429. The second-order valence-electron chi connectivity index (χ2n) is 7.15. The van der Waals surface area contributed by atoms with E-state index in [0.717, 1.165) is 31.6 Å². The maximum absolute atomic E-state index is 12.9. The summed E-state index contributed by atoms with van der Waals surface area (Å²) in [4.78, 5) is 26.4. The first-order valence-electron chi connectivity index (χ1n) is 10.1. The van der Waals surface area contributed by atoms with Gasteiger partial charge in [-0.3, -0.25) is 9.59 Å². The number of benzene rings is 1. The molecule has 3 rings (SSSR count). The summed E-state index contributed by atoms with van der Waals surface area (Å²) in [6, 6.07) is 9.33. The summed E-state index contributed by atoms with van der Waals surface area (Å²) in [7, 11) is 0. The van der Waals surface area contributed by atoms with Crippen molar-refractivity contribution in [3.8, 4) is 0 Å². The predicted octanol–water partition coefficient (Wildman–Crippen LogP) is 3.09. The minimum atomic E-state index is -0.348. The van der Waals surface area contributed by atoms with Crippen molar-refractivity contribution in [2.45, 2.75) is 31.2 Å². The number of nitrogens with one attached hydrogen (secondary N) is 2. The lowest BCUT2D eigenvalue weighted by molar-refractivity contribution is -0.125. The second kappa shape index (κ2) is 10.9. The number of hydrogen-bond donors (Lipinski definition) is 2. The molecule has 1 fully saturated rings. The quantitative estimate of drug-likeness (QED) is 0.625. The van der Waals surface area contributed by atoms with Gasteiger partial charge in [-0.1, -0.05) is 18.7 Å². The summed E-state index contributed by atoms with van der Waals surface area (Å²) in [5.41, 5.74) is 0.547. The zero-order valence-electron chi connectivity index (χ0n) is 16.9. The van der Waals surface area contributed by atoms with Crippen LogP contribution >= 0.6 is 11.8 Å². The first-order chi connectivity index (χ1) is 14.5. The summed E-state index contributed by atoms with van der Waals surface area (Å²) in [6.45, 7) is 4.22. The smallest absolute Gasteiger partial charge is 0.234 e. The summed E-state index contributed by atoms with van der Waals surface area (Å²) in [6.07, 6.45) is 2.75. The lowest BCUT2D eigenvalue weighted by Crippen LogP contribution is -2.43. The SMILES string of the molecule is CCCNC(=O)[C@H]1CCCN(c2ccc(SCC(=O)Nc3ccc(F)cc3)nn2)C1. The van der Waals surface area contributed by atoms with Gasteiger partial charge in [0.1, 0.15) is 10.8 Å². The topological polar surface area (TPSA) is 87.2 Å². The molecule has 2 aromatic rings. The molecule has 0 unspecified atom stereocenters. The fourth-order valence-electron chi connectivity index (χ4n) is 3.22. The molecule has 30 heavy (non-hydrogen) atoms. The van der Waals surface area contributed by atoms with Gasteiger partial charge in [-0.2, -0.15) is 0 Å². The van der Waals surface area contributed by atoms with Crippen molar-refractivity contribution >= 4 is 35.1 Å². The van der Waals surface area contributed by atoms with Gasteiger partial charge >= 0.3 is 0 Å². The molecule has 2 amide bonds. The Labute approximate surface area is 179 Å². The number of nitrogens with zero attached hydrogens (tertiary/aromatic N) is 3. The molecular formula is C21H26FN5O2S. The van der Waals surface area contributed by atoms with E-state index in [1.54, 1.807) is 0 Å². The van der Waals surface area contributed by atoms with E-state index >= 15 is 0 Å². The number of piperidine rings is 1. The molecule has 1 saturated heterocycles. The van der Waals surface area contributed by atoms with Crippen LogP contribution < -0.4 is 15.5 Å². The standard InChI is InChI=1S/C21H26FN5O2S/c1-2-11-23-21(29)15-4-3-12-27(13-15)18-9-10-20(26-25-18)30-14-19(28)24-17-7-5-16(22)6-8-17/h5-10,15H,2-4,11-14H2,1H3,(H,23,29)(H,24,28)/t15-/m0/s1. The third kappa shape index (κ3) is 6.41. The Bertz CT molecular complexity index is 847. The van der Waals surface area contributed by atoms with Crippen LogP contribution in [-0.2, 0) is 9.59 Å². The van der Waals surface area contributed by atoms with Gasteiger partial charge in [0.25, 0.3) is 0 Å². The summed E-state index contributed by atoms with van der Waals surface area (Å²) < 4.78 is 12.9. The van der Waals surface area contributed by atoms with E-state index in [0.29, 0.717) is 23.8 Å². The van der Waals surface area contributed by atoms with E-state index in [2.05, 4.69) is 25.7 Å². The molecule has 0 bridgehead atoms. The highest BCUT2D eigenvalue weighted by Gasteiger charge is 2.26. The molecule has 0 radical (unpaired) electrons. The Morgan fingerprint density at radius 2 is 2.00 bits per heavy atom. The molecule has 0 spiro atoms. The van der Waals surface area contributed by atoms with Gasteiger partial charge in [-0.15, -0.1) is 10.2 Å². The van der Waals surface area contributed by atoms with Crippen LogP contribution in [0.25, 0.3) is 0 Å². The van der Waals surface area contributed by atoms with Crippen molar-refractivity contribution in [2.24, 2.45) is 5.92 Å². The zero-order valence-corrected chi connectivity index (χ0v) is 17.8. The Morgan fingerprint density at radius 1 is 1.20 bits per heavy atom. The Balaban J connectivity index is 1.48. The molecule has 1 atom stereocenters. The van der Waals surface area contributed by atoms with Crippen LogP contribution in [0.5, 0.6) is 0 Å². The highest BCUT2D eigenvalue weighted by Crippen LogP contribution is 2.23. The molecular weight excluding hydrogens is 405 g/mol. The molecule has 1 aromatic heterocycles. The molecule has 1 aliphatic heterocycles. The number of carbonyl (C=O) groups is 2. The maximum atomic E-state index is 12.9. The third-order valence-corrected chi connectivity index (χ3v) is 5.69. The number of aromatic nitrogens is 2. The van der Waals surface area contributed by atoms with Gasteiger partial charge in [0.2, 0.25) is 11.8 Å². The van der Waals surface area contributed by atoms with E-state index in [1.165, 1.54) is 36.0 Å². The first kappa shape index (κ1) is 22.0. The Hall–Kier alpha value is -2.68. The van der Waals surface area contributed by atoms with E-state index in [9.17, 15) is 14.0 Å². The molecule has 1 aromatic carbocycles. The van der Waals surface area contributed by atoms with Crippen LogP contribution in [0.4, 0.5) is 15.9 Å². The van der Waals surface area contributed by atoms with Crippen LogP contribution in [0.1, 0.15) is 26.2 Å². The predicted molar refractivity (Wildman–Crippen MR) is 116 cm³/mol. The van der Waals surface area contributed by atoms with E-state index < -0.39 is 0 Å². The van der Waals surface area contributed by atoms with Gasteiger partial charge in [-0.05, 0) is 55.7 Å². The summed E-state index contributed by atoms with van der Waals surface area (Å²) >= 11 is 1.28. The molecule has 9 heteroatoms. The van der Waals surface area contributed by atoms with E-state index in [4.69, 9.17) is 0 Å². The van der Waals surface area contributed by atoms with Crippen LogP contribution in [0.2, 0.25) is 0 Å². The van der Waals surface area contributed by atoms with Crippen LogP contribution in [0.3, 0.4) is 0 Å². The number of hydrogen-bond acceptors (Lipinski definition) is 6. The van der Waals surface area contributed by atoms with Crippen LogP contribution in [0, 0.1) is 11.7 Å². The van der Waals surface area contributed by atoms with Crippen molar-refractivity contribution in [3.05, 3.63) is 42.2 Å². The molecule has 0 aliphatic carbocycles. The number of amides is 2. The van der Waals surface area contributed by atoms with Gasteiger partial charge in [0.15, 0.2) is 5.82 Å². The Kier molecular flexibility index (Phi) is 8.01. The van der Waals surface area contributed by atoms with Gasteiger partial charge < -0.3 is 15.5 Å². The number of halogens is 1. The number of carbonyl (C=O) groups excluding carboxylic acids is 2. The second-order valence-corrected chi connectivity index (χ2v) is 8.15. The average molecular weight is 432 g/mol. The van der Waals surface area contributed by atoms with Crippen molar-refractivity contribution < 1.29 is 14.0 Å². The molecule has 2 N–H and O–H groups in total. The molecule has 2 heterocycles. The number of thioether (sulfide) groups is 1. The number of anilines is 2. The molecule has 7 nitrogen and oxygen atoms in total. The third-order valence-electron chi connectivity index (χ3n) is 4.77. The van der Waals surface area contributed by atoms with Crippen molar-refractivity contribution in [2.75, 3.05) is 35.6 Å². The maximum Gasteiger partial charge on any atom is 0.234 e. The van der Waals surface area contributed by atoms with Crippen LogP contribution in [-0.4, -0.2) is 47.4 Å². The fourth-order valence-corrected chi connectivity index (χ4v) is 3.83. The van der Waals surface area contributed by atoms with Gasteiger partial charge in [-0.25, -0.2) is 4.39 Å². The first-order valence-corrected chi connectivity index (χ1v) is 11.1. The van der Waals surface area contributed by atoms with E-state index in [-0.39, 0.29) is 29.3 Å². The Morgan fingerprint density at radius 3 is 2.70 bits per heavy atom. The monoisotopic (exact) mass is 431 g/mol. The normalized spacial score (nSPS) is 16.2. The lowest BCUT2D eigenvalue weighted by Gasteiger charge is -2.32. The van der Waals surface area contributed by atoms with Crippen molar-refractivity contribution in [3.63, 3.8) is 0 Å². The number of rotatable bonds is 8. The summed E-state index contributed by atoms with van der Waals surface area (Å²) in [5, 5.41) is 14.8. The highest BCUT2D eigenvalue weighted by atomic mass is 32.2. The summed E-state index contributed by atoms with van der Waals surface area (Å²) in [5.74, 6) is 0.441. The van der Waals surface area contributed by atoms with E-state index in [1.807, 2.05) is 19.1 Å². The molecule has 1 aliphatic rings. The highest BCUT2D eigenvalue weighted by molar-refractivity contribution is 7.99. The lowest BCUT2D eigenvalue weighted by atomic mass is 9.97. The zero-order chi connectivity index (χ0) is 21.3. The molecule has 160 valence electrons. The van der Waals surface area contributed by atoms with Gasteiger partial charge in [0.05, 0.1) is 11.7 Å². The average Bonchev–Trinajstić information content (AvgIpc) is 2.78. The van der Waals surface area contributed by atoms with Crippen molar-refractivity contribution in [1.29, 1.82) is 0 Å². The largest absolute Gasteiger partial charge is 0.356 e.